The predicted octanol–water partition coefficient (Wildman–Crippen LogP) is 2.15. The van der Waals surface area contributed by atoms with Gasteiger partial charge in [-0.3, -0.25) is 4.40 Å². The lowest BCUT2D eigenvalue weighted by molar-refractivity contribution is 0.383. The van der Waals surface area contributed by atoms with Crippen LogP contribution in [0.15, 0.2) is 47.3 Å². The number of anilines is 1. The molecule has 0 unspecified atom stereocenters. The SMILES string of the molecule is COc1cc(-c2nc3occn3c2-c2ccnc(NCCN3CCCNS3(=O)=O)n2)ccc1F. The van der Waals surface area contributed by atoms with Crippen molar-refractivity contribution >= 4 is 22.0 Å². The van der Waals surface area contributed by atoms with Gasteiger partial charge < -0.3 is 14.5 Å². The van der Waals surface area contributed by atoms with Crippen LogP contribution in [-0.2, 0) is 10.2 Å². The molecule has 34 heavy (non-hydrogen) atoms. The van der Waals surface area contributed by atoms with Crippen LogP contribution in [0.5, 0.6) is 5.75 Å². The summed E-state index contributed by atoms with van der Waals surface area (Å²) in [6.45, 7) is 1.53. The first-order chi connectivity index (χ1) is 16.5. The minimum atomic E-state index is -3.44. The molecule has 1 aromatic carbocycles. The third-order valence-electron chi connectivity index (χ3n) is 5.44. The Morgan fingerprint density at radius 3 is 3.00 bits per heavy atom. The summed E-state index contributed by atoms with van der Waals surface area (Å²) in [4.78, 5) is 13.4. The Balaban J connectivity index is 1.44. The average Bonchev–Trinajstić information content (AvgIpc) is 3.42. The first-order valence-electron chi connectivity index (χ1n) is 10.6. The van der Waals surface area contributed by atoms with Gasteiger partial charge in [0, 0.05) is 44.1 Å². The van der Waals surface area contributed by atoms with E-state index in [1.54, 1.807) is 35.0 Å². The van der Waals surface area contributed by atoms with Gasteiger partial charge in [0.1, 0.15) is 17.7 Å². The first kappa shape index (κ1) is 22.3. The summed E-state index contributed by atoms with van der Waals surface area (Å²) in [5.41, 5.74) is 2.35. The Morgan fingerprint density at radius 2 is 2.18 bits per heavy atom. The van der Waals surface area contributed by atoms with E-state index in [2.05, 4.69) is 25.0 Å². The molecule has 0 atom stereocenters. The lowest BCUT2D eigenvalue weighted by atomic mass is 10.1. The molecule has 13 heteroatoms. The molecule has 4 aromatic rings. The zero-order chi connectivity index (χ0) is 23.7. The second kappa shape index (κ2) is 9.00. The summed E-state index contributed by atoms with van der Waals surface area (Å²) < 4.78 is 54.3. The quantitative estimate of drug-likeness (QED) is 0.406. The number of imidazole rings is 1. The predicted molar refractivity (Wildman–Crippen MR) is 122 cm³/mol. The maximum atomic E-state index is 14.0. The van der Waals surface area contributed by atoms with Crippen LogP contribution in [0.4, 0.5) is 10.3 Å². The van der Waals surface area contributed by atoms with Crippen molar-refractivity contribution in [1.82, 2.24) is 28.4 Å². The Bertz CT molecular complexity index is 1440. The van der Waals surface area contributed by atoms with E-state index in [1.807, 2.05) is 0 Å². The largest absolute Gasteiger partial charge is 0.494 e. The summed E-state index contributed by atoms with van der Waals surface area (Å²) >= 11 is 0. The number of fused-ring (bicyclic) bond motifs is 1. The summed E-state index contributed by atoms with van der Waals surface area (Å²) in [5.74, 6) is 0.306. The number of oxazole rings is 1. The van der Waals surface area contributed by atoms with Crippen molar-refractivity contribution in [2.45, 2.75) is 6.42 Å². The number of hydrogen-bond donors (Lipinski definition) is 2. The maximum absolute atomic E-state index is 14.0. The molecule has 0 saturated carbocycles. The van der Waals surface area contributed by atoms with Gasteiger partial charge in [0.25, 0.3) is 10.2 Å². The molecule has 2 N–H and O–H groups in total. The molecular weight excluding hydrogens is 465 g/mol. The van der Waals surface area contributed by atoms with E-state index in [0.717, 1.165) is 6.42 Å². The highest BCUT2D eigenvalue weighted by Gasteiger charge is 2.25. The van der Waals surface area contributed by atoms with Crippen LogP contribution in [0.3, 0.4) is 0 Å². The van der Waals surface area contributed by atoms with Gasteiger partial charge in [0.15, 0.2) is 11.6 Å². The van der Waals surface area contributed by atoms with E-state index in [1.165, 1.54) is 23.7 Å². The second-order valence-corrected chi connectivity index (χ2v) is 9.31. The molecule has 1 aliphatic rings. The van der Waals surface area contributed by atoms with Crippen LogP contribution >= 0.6 is 0 Å². The zero-order valence-electron chi connectivity index (χ0n) is 18.2. The zero-order valence-corrected chi connectivity index (χ0v) is 19.0. The van der Waals surface area contributed by atoms with Crippen molar-refractivity contribution in [3.8, 4) is 28.4 Å². The molecule has 3 aromatic heterocycles. The number of rotatable bonds is 7. The van der Waals surface area contributed by atoms with Crippen molar-refractivity contribution in [1.29, 1.82) is 0 Å². The van der Waals surface area contributed by atoms with Crippen LogP contribution < -0.4 is 14.8 Å². The molecule has 1 fully saturated rings. The topological polar surface area (TPSA) is 127 Å². The van der Waals surface area contributed by atoms with Crippen LogP contribution in [0.1, 0.15) is 6.42 Å². The van der Waals surface area contributed by atoms with Gasteiger partial charge in [0.2, 0.25) is 5.95 Å². The standard InChI is InChI=1S/C21H22FN7O4S/c1-32-17-13-14(3-4-15(17)22)18-19(29-11-12-33-21(29)27-18)16-5-7-23-20(26-16)24-8-10-28-9-2-6-25-34(28,30)31/h3-5,7,11-13,25H,2,6,8-10H2,1H3,(H,23,24,26). The summed E-state index contributed by atoms with van der Waals surface area (Å²) in [6.07, 6.45) is 5.57. The summed E-state index contributed by atoms with van der Waals surface area (Å²) in [7, 11) is -2.04. The van der Waals surface area contributed by atoms with E-state index >= 15 is 0 Å². The van der Waals surface area contributed by atoms with E-state index in [9.17, 15) is 12.8 Å². The van der Waals surface area contributed by atoms with Crippen LogP contribution in [0.25, 0.3) is 28.5 Å². The van der Waals surface area contributed by atoms with Gasteiger partial charge in [-0.1, -0.05) is 0 Å². The smallest absolute Gasteiger partial charge is 0.306 e. The molecule has 1 saturated heterocycles. The fourth-order valence-electron chi connectivity index (χ4n) is 3.81. The van der Waals surface area contributed by atoms with Crippen molar-refractivity contribution < 1.29 is 22.0 Å². The third-order valence-corrected chi connectivity index (χ3v) is 7.05. The number of aromatic nitrogens is 4. The highest BCUT2D eigenvalue weighted by Crippen LogP contribution is 2.34. The number of methoxy groups -OCH3 is 1. The first-order valence-corrected chi connectivity index (χ1v) is 12.0. The molecule has 0 spiro atoms. The fourth-order valence-corrected chi connectivity index (χ4v) is 5.09. The van der Waals surface area contributed by atoms with E-state index in [-0.39, 0.29) is 12.3 Å². The van der Waals surface area contributed by atoms with Gasteiger partial charge in [-0.2, -0.15) is 17.7 Å². The monoisotopic (exact) mass is 487 g/mol. The van der Waals surface area contributed by atoms with E-state index in [4.69, 9.17) is 9.15 Å². The Labute approximate surface area is 194 Å². The molecule has 0 bridgehead atoms. The normalized spacial score (nSPS) is 16.1. The molecule has 178 valence electrons. The number of ether oxygens (including phenoxy) is 1. The minimum absolute atomic E-state index is 0.0975. The molecule has 1 aliphatic heterocycles. The highest BCUT2D eigenvalue weighted by molar-refractivity contribution is 7.87. The minimum Gasteiger partial charge on any atom is -0.494 e. The van der Waals surface area contributed by atoms with E-state index in [0.29, 0.717) is 54.1 Å². The van der Waals surface area contributed by atoms with Crippen LogP contribution in [0.2, 0.25) is 0 Å². The molecule has 5 rings (SSSR count). The highest BCUT2D eigenvalue weighted by atomic mass is 32.2. The number of halogens is 1. The summed E-state index contributed by atoms with van der Waals surface area (Å²) in [6, 6.07) is 6.21. The molecule has 0 amide bonds. The molecule has 0 radical (unpaired) electrons. The maximum Gasteiger partial charge on any atom is 0.306 e. The van der Waals surface area contributed by atoms with Crippen molar-refractivity contribution in [3.63, 3.8) is 0 Å². The lowest BCUT2D eigenvalue weighted by Crippen LogP contribution is -2.48. The van der Waals surface area contributed by atoms with Gasteiger partial charge >= 0.3 is 5.84 Å². The third kappa shape index (κ3) is 4.20. The number of nitrogens with zero attached hydrogens (tertiary/aromatic N) is 5. The Hall–Kier alpha value is -3.55. The van der Waals surface area contributed by atoms with Crippen molar-refractivity contribution in [2.24, 2.45) is 0 Å². The summed E-state index contributed by atoms with van der Waals surface area (Å²) in [5, 5.41) is 3.08. The number of benzene rings is 1. The molecule has 11 nitrogen and oxygen atoms in total. The van der Waals surface area contributed by atoms with E-state index < -0.39 is 16.0 Å². The number of nitrogens with one attached hydrogen (secondary N) is 2. The van der Waals surface area contributed by atoms with Crippen molar-refractivity contribution in [3.05, 3.63) is 48.7 Å². The second-order valence-electron chi connectivity index (χ2n) is 7.56. The molecule has 0 aliphatic carbocycles. The molecule has 4 heterocycles. The molecular formula is C21H22FN7O4S. The van der Waals surface area contributed by atoms with Crippen molar-refractivity contribution in [2.75, 3.05) is 38.6 Å². The van der Waals surface area contributed by atoms with Gasteiger partial charge in [-0.05, 0) is 30.7 Å². The lowest BCUT2D eigenvalue weighted by Gasteiger charge is -2.26. The Morgan fingerprint density at radius 1 is 1.29 bits per heavy atom. The van der Waals surface area contributed by atoms with Crippen LogP contribution in [-0.4, -0.2) is 65.4 Å². The van der Waals surface area contributed by atoms with Gasteiger partial charge in [-0.15, -0.1) is 0 Å². The van der Waals surface area contributed by atoms with Gasteiger partial charge in [-0.25, -0.2) is 19.1 Å². The number of hydrogen-bond acceptors (Lipinski definition) is 8. The van der Waals surface area contributed by atoms with Gasteiger partial charge in [0.05, 0.1) is 12.8 Å². The van der Waals surface area contributed by atoms with Crippen LogP contribution in [0, 0.1) is 5.82 Å². The fraction of sp³-hybridized carbons (Fsp3) is 0.286. The average molecular weight is 488 g/mol. The Kier molecular flexibility index (Phi) is 5.89.